The number of hydrogen-bond donors (Lipinski definition) is 4. The highest BCUT2D eigenvalue weighted by Gasteiger charge is 2.12. The monoisotopic (exact) mass is 527 g/mol. The van der Waals surface area contributed by atoms with E-state index in [2.05, 4.69) is 21.3 Å². The number of hydrogen-bond acceptors (Lipinski definition) is 4. The first kappa shape index (κ1) is 27.1. The fourth-order valence-electron chi connectivity index (χ4n) is 3.31. The minimum absolute atomic E-state index is 0.0294. The maximum atomic E-state index is 13.8. The molecule has 0 saturated heterocycles. The molecular weight excluding hydrogens is 501 g/mol. The highest BCUT2D eigenvalue weighted by atomic mass is 35.5. The van der Waals surface area contributed by atoms with Gasteiger partial charge in [0, 0.05) is 17.1 Å². The summed E-state index contributed by atoms with van der Waals surface area (Å²) in [7, 11) is 0. The van der Waals surface area contributed by atoms with E-state index in [0.29, 0.717) is 39.4 Å². The molecule has 2 amide bonds. The first-order valence-corrected chi connectivity index (χ1v) is 12.1. The second kappa shape index (κ2) is 13.0. The van der Waals surface area contributed by atoms with Crippen molar-refractivity contribution in [2.45, 2.75) is 13.8 Å². The van der Waals surface area contributed by atoms with Gasteiger partial charge in [-0.15, -0.1) is 0 Å². The van der Waals surface area contributed by atoms with E-state index in [4.69, 9.17) is 23.8 Å². The van der Waals surface area contributed by atoms with E-state index in [-0.39, 0.29) is 11.5 Å². The zero-order chi connectivity index (χ0) is 26.1. The number of nitrogens with one attached hydrogen (secondary N) is 4. The van der Waals surface area contributed by atoms with Crippen molar-refractivity contribution in [1.82, 2.24) is 4.90 Å². The normalized spacial score (nSPS) is 10.6. The molecule has 0 atom stereocenters. The van der Waals surface area contributed by atoms with Crippen LogP contribution in [0, 0.1) is 5.82 Å². The number of benzene rings is 3. The average Bonchev–Trinajstić information content (AvgIpc) is 2.85. The Morgan fingerprint density at radius 1 is 0.861 bits per heavy atom. The highest BCUT2D eigenvalue weighted by molar-refractivity contribution is 7.80. The van der Waals surface area contributed by atoms with Gasteiger partial charge in [0.1, 0.15) is 5.82 Å². The van der Waals surface area contributed by atoms with E-state index in [9.17, 15) is 14.0 Å². The number of amides is 2. The van der Waals surface area contributed by atoms with E-state index in [0.717, 1.165) is 13.1 Å². The number of thiocarbonyl (C=S) groups is 1. The van der Waals surface area contributed by atoms with Gasteiger partial charge in [0.15, 0.2) is 5.11 Å². The second-order valence-electron chi connectivity index (χ2n) is 7.79. The molecule has 0 saturated carbocycles. The van der Waals surface area contributed by atoms with Crippen LogP contribution in [0.3, 0.4) is 0 Å². The molecule has 0 aliphatic heterocycles. The third kappa shape index (κ3) is 7.74. The second-order valence-corrected chi connectivity index (χ2v) is 8.61. The summed E-state index contributed by atoms with van der Waals surface area (Å²) < 4.78 is 13.8. The Bertz CT molecular complexity index is 1240. The standard InChI is InChI=1S/C26H27ClFN5O2S/c1-3-33(4-2)16-24(34)32-23-14-13-19(15-21(23)27)31-26(36)30-18-11-9-17(10-12-18)29-25(35)20-7-5-6-8-22(20)28/h5-15H,3-4,16H2,1-2H3,(H,29,35)(H,32,34)(H2,30,31,36). The predicted molar refractivity (Wildman–Crippen MR) is 149 cm³/mol. The molecule has 0 aliphatic carbocycles. The Morgan fingerprint density at radius 3 is 2.06 bits per heavy atom. The van der Waals surface area contributed by atoms with Gasteiger partial charge in [-0.3, -0.25) is 14.5 Å². The molecule has 7 nitrogen and oxygen atoms in total. The Balaban J connectivity index is 1.53. The van der Waals surface area contributed by atoms with Crippen LogP contribution in [-0.4, -0.2) is 41.5 Å². The minimum atomic E-state index is -0.583. The first-order valence-electron chi connectivity index (χ1n) is 11.3. The first-order chi connectivity index (χ1) is 17.3. The van der Waals surface area contributed by atoms with Gasteiger partial charge < -0.3 is 21.3 Å². The molecule has 0 unspecified atom stereocenters. The molecule has 0 radical (unpaired) electrons. The number of halogens is 2. The van der Waals surface area contributed by atoms with Gasteiger partial charge in [-0.05, 0) is 79.9 Å². The Morgan fingerprint density at radius 2 is 1.44 bits per heavy atom. The van der Waals surface area contributed by atoms with Crippen LogP contribution in [0.25, 0.3) is 0 Å². The van der Waals surface area contributed by atoms with Crippen molar-refractivity contribution in [1.29, 1.82) is 0 Å². The largest absolute Gasteiger partial charge is 0.332 e. The number of carbonyl (C=O) groups excluding carboxylic acids is 2. The summed E-state index contributed by atoms with van der Waals surface area (Å²) >= 11 is 11.7. The van der Waals surface area contributed by atoms with Crippen LogP contribution in [0.5, 0.6) is 0 Å². The maximum absolute atomic E-state index is 13.8. The molecule has 3 aromatic carbocycles. The van der Waals surface area contributed by atoms with Crippen LogP contribution in [0.15, 0.2) is 66.7 Å². The summed E-state index contributed by atoms with van der Waals surface area (Å²) in [6.45, 7) is 5.87. The SMILES string of the molecule is CCN(CC)CC(=O)Nc1ccc(NC(=S)Nc2ccc(NC(=O)c3ccccc3F)cc2)cc1Cl. The molecule has 0 heterocycles. The summed E-state index contributed by atoms with van der Waals surface area (Å²) in [4.78, 5) is 26.5. The van der Waals surface area contributed by atoms with Crippen LogP contribution in [0.2, 0.25) is 5.02 Å². The maximum Gasteiger partial charge on any atom is 0.258 e. The van der Waals surface area contributed by atoms with E-state index >= 15 is 0 Å². The molecule has 0 bridgehead atoms. The zero-order valence-corrected chi connectivity index (χ0v) is 21.5. The minimum Gasteiger partial charge on any atom is -0.332 e. The lowest BCUT2D eigenvalue weighted by molar-refractivity contribution is -0.117. The molecule has 0 spiro atoms. The molecular formula is C26H27ClFN5O2S. The van der Waals surface area contributed by atoms with E-state index in [1.807, 2.05) is 18.7 Å². The fourth-order valence-corrected chi connectivity index (χ4v) is 3.77. The van der Waals surface area contributed by atoms with Crippen LogP contribution in [0.1, 0.15) is 24.2 Å². The van der Waals surface area contributed by atoms with Gasteiger partial charge in [-0.1, -0.05) is 37.6 Å². The van der Waals surface area contributed by atoms with Gasteiger partial charge in [0.25, 0.3) is 5.91 Å². The van der Waals surface area contributed by atoms with Gasteiger partial charge >= 0.3 is 0 Å². The molecule has 188 valence electrons. The van der Waals surface area contributed by atoms with Crippen molar-refractivity contribution in [2.75, 3.05) is 40.9 Å². The molecule has 3 rings (SSSR count). The van der Waals surface area contributed by atoms with Gasteiger partial charge in [0.05, 0.1) is 22.8 Å². The Labute approximate surface area is 220 Å². The van der Waals surface area contributed by atoms with Crippen molar-refractivity contribution in [3.05, 3.63) is 83.1 Å². The number of likely N-dealkylation sites (N-methyl/N-ethyl adjacent to an activating group) is 1. The molecule has 0 aliphatic rings. The molecule has 36 heavy (non-hydrogen) atoms. The third-order valence-corrected chi connectivity index (χ3v) is 5.80. The summed E-state index contributed by atoms with van der Waals surface area (Å²) in [5.74, 6) is -1.25. The van der Waals surface area contributed by atoms with Crippen molar-refractivity contribution in [3.8, 4) is 0 Å². The topological polar surface area (TPSA) is 85.5 Å². The van der Waals surface area contributed by atoms with E-state index in [1.54, 1.807) is 48.5 Å². The quantitative estimate of drug-likeness (QED) is 0.262. The molecule has 10 heteroatoms. The van der Waals surface area contributed by atoms with Crippen molar-refractivity contribution >= 4 is 63.5 Å². The lowest BCUT2D eigenvalue weighted by Crippen LogP contribution is -2.32. The predicted octanol–water partition coefficient (Wildman–Crippen LogP) is 5.82. The number of anilines is 4. The lowest BCUT2D eigenvalue weighted by atomic mass is 10.2. The summed E-state index contributed by atoms with van der Waals surface area (Å²) in [6, 6.07) is 17.7. The van der Waals surface area contributed by atoms with E-state index in [1.165, 1.54) is 18.2 Å². The van der Waals surface area contributed by atoms with Crippen molar-refractivity contribution in [2.24, 2.45) is 0 Å². The molecule has 0 aromatic heterocycles. The summed E-state index contributed by atoms with van der Waals surface area (Å²) in [6.07, 6.45) is 0. The van der Waals surface area contributed by atoms with Crippen molar-refractivity contribution in [3.63, 3.8) is 0 Å². The van der Waals surface area contributed by atoms with Gasteiger partial charge in [-0.25, -0.2) is 4.39 Å². The Kier molecular flexibility index (Phi) is 9.75. The molecule has 4 N–H and O–H groups in total. The average molecular weight is 528 g/mol. The smallest absolute Gasteiger partial charge is 0.258 e. The zero-order valence-electron chi connectivity index (χ0n) is 19.9. The van der Waals surface area contributed by atoms with Gasteiger partial charge in [-0.2, -0.15) is 0 Å². The van der Waals surface area contributed by atoms with Crippen molar-refractivity contribution < 1.29 is 14.0 Å². The molecule has 3 aromatic rings. The number of rotatable bonds is 9. The molecule has 0 fully saturated rings. The lowest BCUT2D eigenvalue weighted by Gasteiger charge is -2.18. The number of nitrogens with zero attached hydrogens (tertiary/aromatic N) is 1. The summed E-state index contributed by atoms with van der Waals surface area (Å²) in [5.41, 5.74) is 2.33. The third-order valence-electron chi connectivity index (χ3n) is 5.28. The fraction of sp³-hybridized carbons (Fsp3) is 0.192. The van der Waals surface area contributed by atoms with Crippen LogP contribution >= 0.6 is 23.8 Å². The van der Waals surface area contributed by atoms with Crippen LogP contribution in [0.4, 0.5) is 27.1 Å². The highest BCUT2D eigenvalue weighted by Crippen LogP contribution is 2.26. The Hall–Kier alpha value is -3.53. The summed E-state index contributed by atoms with van der Waals surface area (Å²) in [5, 5.41) is 12.3. The van der Waals surface area contributed by atoms with E-state index < -0.39 is 11.7 Å². The van der Waals surface area contributed by atoms with Crippen LogP contribution < -0.4 is 21.3 Å². The van der Waals surface area contributed by atoms with Crippen LogP contribution in [-0.2, 0) is 4.79 Å². The van der Waals surface area contributed by atoms with Gasteiger partial charge in [0.2, 0.25) is 5.91 Å². The number of carbonyl (C=O) groups is 2.